The second-order valence-electron chi connectivity index (χ2n) is 5.81. The lowest BCUT2D eigenvalue weighted by atomic mass is 10.0. The summed E-state index contributed by atoms with van der Waals surface area (Å²) in [5, 5.41) is 4.27. The maximum Gasteiger partial charge on any atom is 0.161 e. The van der Waals surface area contributed by atoms with E-state index in [9.17, 15) is 0 Å². The van der Waals surface area contributed by atoms with Crippen LogP contribution in [0.2, 0.25) is 10.0 Å². The number of nitrogen functional groups attached to an aromatic ring is 1. The summed E-state index contributed by atoms with van der Waals surface area (Å²) in [6.07, 6.45) is 0. The monoisotopic (exact) mass is 288 g/mol. The van der Waals surface area contributed by atoms with Crippen molar-refractivity contribution in [1.29, 1.82) is 0 Å². The Morgan fingerprint density at radius 2 is 1.61 bits per heavy atom. The second-order valence-corrected chi connectivity index (χ2v) is 6.63. The minimum atomic E-state index is 0.202. The zero-order chi connectivity index (χ0) is 13.7. The van der Waals surface area contributed by atoms with Gasteiger partial charge >= 0.3 is 0 Å². The Labute approximate surface area is 117 Å². The van der Waals surface area contributed by atoms with Crippen LogP contribution in [0.15, 0.2) is 6.07 Å². The normalized spacial score (nSPS) is 20.6. The van der Waals surface area contributed by atoms with E-state index in [2.05, 4.69) is 43.4 Å². The average Bonchev–Trinajstić information content (AvgIpc) is 2.64. The van der Waals surface area contributed by atoms with Crippen molar-refractivity contribution in [2.24, 2.45) is 16.7 Å². The van der Waals surface area contributed by atoms with Crippen LogP contribution in [0.4, 0.5) is 11.6 Å². The van der Waals surface area contributed by atoms with Gasteiger partial charge in [-0.05, 0) is 16.9 Å². The third kappa shape index (κ3) is 1.92. The van der Waals surface area contributed by atoms with Gasteiger partial charge < -0.3 is 10.7 Å². The van der Waals surface area contributed by atoms with Crippen LogP contribution in [0.5, 0.6) is 0 Å². The fraction of sp³-hybridized carbons (Fsp3) is 0.583. The fourth-order valence-electron chi connectivity index (χ4n) is 2.36. The molecule has 6 heteroatoms. The molecule has 0 amide bonds. The van der Waals surface area contributed by atoms with Crippen LogP contribution in [0.1, 0.15) is 27.7 Å². The summed E-state index contributed by atoms with van der Waals surface area (Å²) < 4.78 is 0. The first-order valence-electron chi connectivity index (χ1n) is 5.81. The predicted octanol–water partition coefficient (Wildman–Crippen LogP) is 3.52. The van der Waals surface area contributed by atoms with Gasteiger partial charge in [0.05, 0.1) is 10.0 Å². The van der Waals surface area contributed by atoms with Crippen LogP contribution in [-0.4, -0.2) is 11.0 Å². The van der Waals surface area contributed by atoms with E-state index in [0.717, 1.165) is 0 Å². The highest BCUT2D eigenvalue weighted by atomic mass is 35.5. The number of aromatic nitrogens is 1. The van der Waals surface area contributed by atoms with Crippen LogP contribution < -0.4 is 16.6 Å². The summed E-state index contributed by atoms with van der Waals surface area (Å²) in [5.41, 5.74) is 2.86. The van der Waals surface area contributed by atoms with Crippen molar-refractivity contribution in [2.45, 2.75) is 33.7 Å². The largest absolute Gasteiger partial charge is 0.365 e. The third-order valence-electron chi connectivity index (χ3n) is 4.37. The molecule has 0 unspecified atom stereocenters. The molecule has 100 valence electrons. The minimum absolute atomic E-state index is 0.202. The SMILES string of the molecule is CC1(C)C(Nc2nc(NN)c(Cl)cc2Cl)C1(C)C. The van der Waals surface area contributed by atoms with Crippen molar-refractivity contribution < 1.29 is 0 Å². The number of nitrogens with one attached hydrogen (secondary N) is 2. The molecule has 0 spiro atoms. The van der Waals surface area contributed by atoms with Crippen LogP contribution in [0, 0.1) is 10.8 Å². The van der Waals surface area contributed by atoms with E-state index in [4.69, 9.17) is 29.0 Å². The standard InChI is InChI=1S/C12H18Cl2N4/c1-11(2)10(12(11,3)4)17-8-6(13)5-7(14)9(16-8)18-15/h5,10H,15H2,1-4H3,(H2,16,17,18). The second kappa shape index (κ2) is 4.15. The molecule has 18 heavy (non-hydrogen) atoms. The average molecular weight is 289 g/mol. The summed E-state index contributed by atoms with van der Waals surface area (Å²) in [7, 11) is 0. The first-order chi connectivity index (χ1) is 8.21. The number of hydrogen-bond donors (Lipinski definition) is 3. The van der Waals surface area contributed by atoms with Crippen LogP contribution in [-0.2, 0) is 0 Å². The molecule has 1 aromatic heterocycles. The molecule has 1 saturated carbocycles. The minimum Gasteiger partial charge on any atom is -0.365 e. The van der Waals surface area contributed by atoms with Crippen LogP contribution >= 0.6 is 23.2 Å². The van der Waals surface area contributed by atoms with Gasteiger partial charge in [-0.25, -0.2) is 10.8 Å². The van der Waals surface area contributed by atoms with E-state index in [-0.39, 0.29) is 10.8 Å². The Balaban J connectivity index is 2.26. The summed E-state index contributed by atoms with van der Waals surface area (Å²) in [5.74, 6) is 6.38. The molecule has 4 nitrogen and oxygen atoms in total. The number of rotatable bonds is 3. The Morgan fingerprint density at radius 3 is 2.06 bits per heavy atom. The van der Waals surface area contributed by atoms with Crippen molar-refractivity contribution in [3.8, 4) is 0 Å². The van der Waals surface area contributed by atoms with Gasteiger partial charge in [0.2, 0.25) is 0 Å². The predicted molar refractivity (Wildman–Crippen MR) is 77.0 cm³/mol. The van der Waals surface area contributed by atoms with Gasteiger partial charge in [-0.3, -0.25) is 0 Å². The quantitative estimate of drug-likeness (QED) is 0.588. The first kappa shape index (κ1) is 13.7. The van der Waals surface area contributed by atoms with E-state index < -0.39 is 0 Å². The Bertz CT molecular complexity index is 471. The zero-order valence-electron chi connectivity index (χ0n) is 10.9. The smallest absolute Gasteiger partial charge is 0.161 e. The summed E-state index contributed by atoms with van der Waals surface area (Å²) in [4.78, 5) is 4.29. The van der Waals surface area contributed by atoms with Gasteiger partial charge in [-0.15, -0.1) is 0 Å². The molecular formula is C12H18Cl2N4. The molecule has 0 radical (unpaired) electrons. The molecule has 0 atom stereocenters. The lowest BCUT2D eigenvalue weighted by Crippen LogP contribution is -2.14. The number of anilines is 2. The van der Waals surface area contributed by atoms with Crippen molar-refractivity contribution in [3.63, 3.8) is 0 Å². The number of halogens is 2. The van der Waals surface area contributed by atoms with Gasteiger partial charge in [-0.1, -0.05) is 50.9 Å². The maximum atomic E-state index is 6.14. The highest BCUT2D eigenvalue weighted by molar-refractivity contribution is 6.37. The molecule has 1 heterocycles. The van der Waals surface area contributed by atoms with E-state index >= 15 is 0 Å². The molecule has 4 N–H and O–H groups in total. The fourth-order valence-corrected chi connectivity index (χ4v) is 2.83. The van der Waals surface area contributed by atoms with E-state index in [0.29, 0.717) is 27.7 Å². The Morgan fingerprint density at radius 1 is 1.11 bits per heavy atom. The van der Waals surface area contributed by atoms with Crippen molar-refractivity contribution in [3.05, 3.63) is 16.1 Å². The van der Waals surface area contributed by atoms with E-state index in [1.807, 2.05) is 0 Å². The molecule has 0 saturated heterocycles. The number of nitrogens with zero attached hydrogens (tertiary/aromatic N) is 1. The van der Waals surface area contributed by atoms with E-state index in [1.165, 1.54) is 0 Å². The van der Waals surface area contributed by atoms with Gasteiger partial charge in [0.15, 0.2) is 5.82 Å². The third-order valence-corrected chi connectivity index (χ3v) is 4.94. The Hall–Kier alpha value is -0.710. The van der Waals surface area contributed by atoms with Crippen LogP contribution in [0.3, 0.4) is 0 Å². The highest BCUT2D eigenvalue weighted by Gasteiger charge is 2.65. The molecule has 0 aliphatic heterocycles. The molecule has 2 rings (SSSR count). The lowest BCUT2D eigenvalue weighted by Gasteiger charge is -2.12. The van der Waals surface area contributed by atoms with Gasteiger partial charge in [0, 0.05) is 6.04 Å². The van der Waals surface area contributed by atoms with Crippen molar-refractivity contribution in [2.75, 3.05) is 10.7 Å². The summed E-state index contributed by atoms with van der Waals surface area (Å²) in [6.45, 7) is 8.88. The number of hydrogen-bond acceptors (Lipinski definition) is 4. The lowest BCUT2D eigenvalue weighted by molar-refractivity contribution is 0.457. The van der Waals surface area contributed by atoms with Crippen molar-refractivity contribution >= 4 is 34.8 Å². The topological polar surface area (TPSA) is 63.0 Å². The number of hydrazine groups is 1. The highest BCUT2D eigenvalue weighted by Crippen LogP contribution is 2.63. The molecule has 1 aliphatic rings. The van der Waals surface area contributed by atoms with Gasteiger partial charge in [0.1, 0.15) is 5.82 Å². The van der Waals surface area contributed by atoms with Gasteiger partial charge in [-0.2, -0.15) is 0 Å². The van der Waals surface area contributed by atoms with E-state index in [1.54, 1.807) is 6.07 Å². The maximum absolute atomic E-state index is 6.14. The molecule has 0 aromatic carbocycles. The molecular weight excluding hydrogens is 271 g/mol. The summed E-state index contributed by atoms with van der Waals surface area (Å²) >= 11 is 12.1. The molecule has 1 aliphatic carbocycles. The summed E-state index contributed by atoms with van der Waals surface area (Å²) in [6, 6.07) is 1.96. The van der Waals surface area contributed by atoms with Crippen molar-refractivity contribution in [1.82, 2.24) is 4.98 Å². The van der Waals surface area contributed by atoms with Gasteiger partial charge in [0.25, 0.3) is 0 Å². The Kier molecular flexibility index (Phi) is 3.16. The molecule has 0 bridgehead atoms. The molecule has 1 aromatic rings. The van der Waals surface area contributed by atoms with Crippen LogP contribution in [0.25, 0.3) is 0 Å². The number of nitrogens with two attached hydrogens (primary N) is 1. The zero-order valence-corrected chi connectivity index (χ0v) is 12.4. The first-order valence-corrected chi connectivity index (χ1v) is 6.56. The molecule has 1 fully saturated rings. The number of pyridine rings is 1.